The van der Waals surface area contributed by atoms with Crippen LogP contribution < -0.4 is 0 Å². The summed E-state index contributed by atoms with van der Waals surface area (Å²) >= 11 is 0. The molecule has 1 nitrogen and oxygen atoms in total. The van der Waals surface area contributed by atoms with Crippen LogP contribution in [0.15, 0.2) is 0 Å². The lowest BCUT2D eigenvalue weighted by Crippen LogP contribution is -2.22. The zero-order chi connectivity index (χ0) is 11.0. The summed E-state index contributed by atoms with van der Waals surface area (Å²) in [7, 11) is 0. The Morgan fingerprint density at radius 2 is 1.50 bits per heavy atom. The standard InChI is InChI=1S/C12H27BO/c1-6-7-8-14-13(9-11(2)3)10-12(4)5/h11-12H,6-10H2,1-5H3. The Morgan fingerprint density at radius 1 is 1.00 bits per heavy atom. The Balaban J connectivity index is 3.72. The van der Waals surface area contributed by atoms with Gasteiger partial charge in [-0.05, 0) is 19.1 Å². The van der Waals surface area contributed by atoms with Crippen molar-refractivity contribution in [1.82, 2.24) is 0 Å². The van der Waals surface area contributed by atoms with E-state index in [-0.39, 0.29) is 0 Å². The molecule has 2 heteroatoms. The van der Waals surface area contributed by atoms with Crippen LogP contribution in [0.25, 0.3) is 0 Å². The predicted molar refractivity (Wildman–Crippen MR) is 65.9 cm³/mol. The zero-order valence-electron chi connectivity index (χ0n) is 10.7. The van der Waals surface area contributed by atoms with Gasteiger partial charge in [0.15, 0.2) is 0 Å². The van der Waals surface area contributed by atoms with Gasteiger partial charge in [-0.2, -0.15) is 0 Å². The molecule has 0 aliphatic heterocycles. The van der Waals surface area contributed by atoms with Gasteiger partial charge < -0.3 is 4.65 Å². The second kappa shape index (κ2) is 8.34. The lowest BCUT2D eigenvalue weighted by molar-refractivity contribution is 0.302. The minimum absolute atomic E-state index is 0.488. The number of unbranched alkanes of at least 4 members (excludes halogenated alkanes) is 1. The van der Waals surface area contributed by atoms with Crippen LogP contribution in [0.5, 0.6) is 0 Å². The van der Waals surface area contributed by atoms with E-state index < -0.39 is 0 Å². The van der Waals surface area contributed by atoms with Crippen molar-refractivity contribution >= 4 is 6.92 Å². The first kappa shape index (κ1) is 14.0. The fourth-order valence-corrected chi connectivity index (χ4v) is 1.68. The summed E-state index contributed by atoms with van der Waals surface area (Å²) in [6.07, 6.45) is 4.85. The third-order valence-corrected chi connectivity index (χ3v) is 2.32. The van der Waals surface area contributed by atoms with Crippen molar-refractivity contribution in [2.24, 2.45) is 11.8 Å². The molecule has 0 rings (SSSR count). The van der Waals surface area contributed by atoms with E-state index in [9.17, 15) is 0 Å². The smallest absolute Gasteiger partial charge is 0.293 e. The van der Waals surface area contributed by atoms with Gasteiger partial charge in [0.2, 0.25) is 0 Å². The average molecular weight is 198 g/mol. The van der Waals surface area contributed by atoms with Crippen LogP contribution in [0, 0.1) is 11.8 Å². The molecule has 0 saturated carbocycles. The van der Waals surface area contributed by atoms with Gasteiger partial charge in [-0.1, -0.05) is 52.9 Å². The molecule has 0 aromatic rings. The highest BCUT2D eigenvalue weighted by Gasteiger charge is 2.18. The Bertz CT molecular complexity index is 113. The highest BCUT2D eigenvalue weighted by Crippen LogP contribution is 2.15. The lowest BCUT2D eigenvalue weighted by Gasteiger charge is -2.18. The first-order valence-corrected chi connectivity index (χ1v) is 6.17. The zero-order valence-corrected chi connectivity index (χ0v) is 10.7. The molecule has 0 saturated heterocycles. The third-order valence-electron chi connectivity index (χ3n) is 2.32. The molecule has 0 atom stereocenters. The molecule has 0 heterocycles. The molecule has 0 aliphatic rings. The van der Waals surface area contributed by atoms with E-state index in [4.69, 9.17) is 4.65 Å². The predicted octanol–water partition coefficient (Wildman–Crippen LogP) is 4.11. The summed E-state index contributed by atoms with van der Waals surface area (Å²) in [5.41, 5.74) is 0. The Kier molecular flexibility index (Phi) is 8.36. The van der Waals surface area contributed by atoms with E-state index >= 15 is 0 Å². The Hall–Kier alpha value is 0.0249. The minimum Gasteiger partial charge on any atom is -0.436 e. The fraction of sp³-hybridized carbons (Fsp3) is 1.00. The number of hydrogen-bond donors (Lipinski definition) is 0. The molecule has 0 amide bonds. The second-order valence-electron chi connectivity index (χ2n) is 5.11. The molecular weight excluding hydrogens is 171 g/mol. The van der Waals surface area contributed by atoms with Crippen LogP contribution in [-0.2, 0) is 4.65 Å². The van der Waals surface area contributed by atoms with Crippen molar-refractivity contribution in [2.45, 2.75) is 60.1 Å². The number of hydrogen-bond acceptors (Lipinski definition) is 1. The highest BCUT2D eigenvalue weighted by atomic mass is 16.4. The Morgan fingerprint density at radius 3 is 1.86 bits per heavy atom. The van der Waals surface area contributed by atoms with E-state index in [1.165, 1.54) is 25.5 Å². The van der Waals surface area contributed by atoms with Crippen LogP contribution in [0.3, 0.4) is 0 Å². The van der Waals surface area contributed by atoms with Crippen molar-refractivity contribution < 1.29 is 4.65 Å². The number of rotatable bonds is 8. The van der Waals surface area contributed by atoms with Gasteiger partial charge in [-0.15, -0.1) is 0 Å². The fourth-order valence-electron chi connectivity index (χ4n) is 1.68. The molecule has 0 unspecified atom stereocenters. The SMILES string of the molecule is CCCCOB(CC(C)C)CC(C)C. The van der Waals surface area contributed by atoms with Crippen molar-refractivity contribution in [2.75, 3.05) is 6.61 Å². The van der Waals surface area contributed by atoms with Crippen molar-refractivity contribution in [3.8, 4) is 0 Å². The van der Waals surface area contributed by atoms with Gasteiger partial charge in [0.1, 0.15) is 0 Å². The molecule has 0 N–H and O–H groups in total. The second-order valence-corrected chi connectivity index (χ2v) is 5.11. The molecule has 0 aromatic heterocycles. The maximum absolute atomic E-state index is 5.90. The van der Waals surface area contributed by atoms with Crippen molar-refractivity contribution in [3.05, 3.63) is 0 Å². The van der Waals surface area contributed by atoms with E-state index in [0.717, 1.165) is 18.4 Å². The molecule has 14 heavy (non-hydrogen) atoms. The van der Waals surface area contributed by atoms with Crippen LogP contribution >= 0.6 is 0 Å². The van der Waals surface area contributed by atoms with Crippen molar-refractivity contribution in [3.63, 3.8) is 0 Å². The summed E-state index contributed by atoms with van der Waals surface area (Å²) in [6, 6.07) is 0. The molecule has 0 spiro atoms. The summed E-state index contributed by atoms with van der Waals surface area (Å²) < 4.78 is 5.90. The average Bonchev–Trinajstić information content (AvgIpc) is 2.02. The molecule has 84 valence electrons. The van der Waals surface area contributed by atoms with Crippen LogP contribution in [0.4, 0.5) is 0 Å². The molecule has 0 bridgehead atoms. The monoisotopic (exact) mass is 198 g/mol. The van der Waals surface area contributed by atoms with E-state index in [1.54, 1.807) is 0 Å². The third kappa shape index (κ3) is 8.62. The minimum atomic E-state index is 0.488. The van der Waals surface area contributed by atoms with Crippen LogP contribution in [0.1, 0.15) is 47.5 Å². The van der Waals surface area contributed by atoms with Gasteiger partial charge in [-0.3, -0.25) is 0 Å². The Labute approximate surface area is 90.7 Å². The van der Waals surface area contributed by atoms with E-state index in [0.29, 0.717) is 6.92 Å². The maximum Gasteiger partial charge on any atom is 0.293 e. The lowest BCUT2D eigenvalue weighted by atomic mass is 9.56. The summed E-state index contributed by atoms with van der Waals surface area (Å²) in [5.74, 6) is 1.50. The van der Waals surface area contributed by atoms with Crippen LogP contribution in [-0.4, -0.2) is 13.5 Å². The highest BCUT2D eigenvalue weighted by molar-refractivity contribution is 6.51. The normalized spacial score (nSPS) is 11.4. The van der Waals surface area contributed by atoms with Gasteiger partial charge in [0.05, 0.1) is 0 Å². The van der Waals surface area contributed by atoms with Crippen molar-refractivity contribution in [1.29, 1.82) is 0 Å². The van der Waals surface area contributed by atoms with Gasteiger partial charge in [0, 0.05) is 6.61 Å². The summed E-state index contributed by atoms with van der Waals surface area (Å²) in [5, 5.41) is 0. The molecular formula is C12H27BO. The van der Waals surface area contributed by atoms with Gasteiger partial charge in [-0.25, -0.2) is 0 Å². The largest absolute Gasteiger partial charge is 0.436 e. The topological polar surface area (TPSA) is 9.23 Å². The first-order valence-electron chi connectivity index (χ1n) is 6.17. The maximum atomic E-state index is 5.90. The molecule has 0 radical (unpaired) electrons. The van der Waals surface area contributed by atoms with E-state index in [1.807, 2.05) is 0 Å². The van der Waals surface area contributed by atoms with E-state index in [2.05, 4.69) is 34.6 Å². The van der Waals surface area contributed by atoms with Crippen LogP contribution in [0.2, 0.25) is 12.6 Å². The van der Waals surface area contributed by atoms with Gasteiger partial charge >= 0.3 is 0 Å². The first-order chi connectivity index (χ1) is 6.56. The van der Waals surface area contributed by atoms with Gasteiger partial charge in [0.25, 0.3) is 6.92 Å². The molecule has 0 fully saturated rings. The summed E-state index contributed by atoms with van der Waals surface area (Å²) in [4.78, 5) is 0. The molecule has 0 aromatic carbocycles. The quantitative estimate of drug-likeness (QED) is 0.421. The summed E-state index contributed by atoms with van der Waals surface area (Å²) in [6.45, 7) is 12.7. The molecule has 0 aliphatic carbocycles.